The Hall–Kier alpha value is -3.31. The van der Waals surface area contributed by atoms with Crippen LogP contribution < -0.4 is 4.74 Å². The van der Waals surface area contributed by atoms with Gasteiger partial charge < -0.3 is 9.47 Å². The van der Waals surface area contributed by atoms with Crippen molar-refractivity contribution >= 4 is 6.08 Å². The number of rotatable bonds is 15. The number of allylic oxidation sites excluding steroid dienone is 1. The Morgan fingerprint density at radius 2 is 1.68 bits per heavy atom. The van der Waals surface area contributed by atoms with E-state index in [0.29, 0.717) is 18.1 Å². The van der Waals surface area contributed by atoms with Crippen molar-refractivity contribution in [2.24, 2.45) is 0 Å². The van der Waals surface area contributed by atoms with Crippen LogP contribution in [0.5, 0.6) is 5.88 Å². The number of pyridine rings is 1. The summed E-state index contributed by atoms with van der Waals surface area (Å²) in [6.45, 7) is 9.08. The summed E-state index contributed by atoms with van der Waals surface area (Å²) in [6.07, 6.45) is 13.3. The molecule has 1 heterocycles. The van der Waals surface area contributed by atoms with Crippen LogP contribution >= 0.6 is 0 Å². The fourth-order valence-electron chi connectivity index (χ4n) is 3.99. The molecule has 0 N–H and O–H groups in total. The van der Waals surface area contributed by atoms with Crippen molar-refractivity contribution in [3.63, 3.8) is 0 Å². The molecular formula is C32H37F2NO2. The summed E-state index contributed by atoms with van der Waals surface area (Å²) in [5.74, 6) is -1.15. The van der Waals surface area contributed by atoms with Gasteiger partial charge in [0.25, 0.3) is 0 Å². The molecule has 0 saturated carbocycles. The summed E-state index contributed by atoms with van der Waals surface area (Å²) in [6, 6.07) is 14.3. The maximum absolute atomic E-state index is 14.9. The SMILES string of the molecule is C=CCOc1ccc(-c2ccc(-c3ccc(C=CCCCC(C)OCCCCC)c(F)c3F)cc2)cn1. The van der Waals surface area contributed by atoms with E-state index in [-0.39, 0.29) is 17.2 Å². The fourth-order valence-corrected chi connectivity index (χ4v) is 3.99. The highest BCUT2D eigenvalue weighted by atomic mass is 19.2. The van der Waals surface area contributed by atoms with Crippen LogP contribution in [0.3, 0.4) is 0 Å². The van der Waals surface area contributed by atoms with E-state index >= 15 is 0 Å². The normalized spacial score (nSPS) is 12.1. The van der Waals surface area contributed by atoms with Gasteiger partial charge in [-0.15, -0.1) is 0 Å². The van der Waals surface area contributed by atoms with E-state index in [1.165, 1.54) is 12.8 Å². The second-order valence-electron chi connectivity index (χ2n) is 9.11. The van der Waals surface area contributed by atoms with Crippen LogP contribution in [0.15, 0.2) is 73.5 Å². The standard InChI is InChI=1S/C32H37F2NO2/c1-4-6-10-22-36-24(3)11-8-7-9-12-27-17-19-29(32(34)31(27)33)26-15-13-25(14-16-26)28-18-20-30(35-23-28)37-21-5-2/h5,9,12-20,23-24H,2,4,6-8,10-11,21-22H2,1,3H3. The van der Waals surface area contributed by atoms with Gasteiger partial charge in [0.1, 0.15) is 6.61 Å². The molecule has 0 saturated heterocycles. The van der Waals surface area contributed by atoms with Crippen LogP contribution in [-0.2, 0) is 4.74 Å². The first-order chi connectivity index (χ1) is 18.0. The molecule has 196 valence electrons. The van der Waals surface area contributed by atoms with Crippen molar-refractivity contribution < 1.29 is 18.3 Å². The Labute approximate surface area is 219 Å². The summed E-state index contributed by atoms with van der Waals surface area (Å²) < 4.78 is 40.9. The largest absolute Gasteiger partial charge is 0.473 e. The lowest BCUT2D eigenvalue weighted by Crippen LogP contribution is -2.08. The van der Waals surface area contributed by atoms with Gasteiger partial charge in [-0.3, -0.25) is 0 Å². The minimum Gasteiger partial charge on any atom is -0.473 e. The Kier molecular flexibility index (Phi) is 11.5. The monoisotopic (exact) mass is 505 g/mol. The van der Waals surface area contributed by atoms with Crippen molar-refractivity contribution in [1.82, 2.24) is 4.98 Å². The minimum atomic E-state index is -0.839. The third-order valence-electron chi connectivity index (χ3n) is 6.16. The molecule has 0 spiro atoms. The zero-order valence-electron chi connectivity index (χ0n) is 21.9. The summed E-state index contributed by atoms with van der Waals surface area (Å²) in [5.41, 5.74) is 2.94. The Bertz CT molecular complexity index is 1140. The first kappa shape index (κ1) is 28.3. The van der Waals surface area contributed by atoms with Crippen LogP contribution in [0, 0.1) is 11.6 Å². The number of aromatic nitrogens is 1. The Morgan fingerprint density at radius 1 is 0.919 bits per heavy atom. The van der Waals surface area contributed by atoms with Gasteiger partial charge in [0, 0.05) is 35.6 Å². The van der Waals surface area contributed by atoms with Crippen LogP contribution in [0.2, 0.25) is 0 Å². The predicted octanol–water partition coefficient (Wildman–Crippen LogP) is 9.04. The molecule has 0 aliphatic heterocycles. The topological polar surface area (TPSA) is 31.4 Å². The molecule has 3 nitrogen and oxygen atoms in total. The molecule has 3 aromatic rings. The third-order valence-corrected chi connectivity index (χ3v) is 6.16. The molecule has 1 unspecified atom stereocenters. The quantitative estimate of drug-likeness (QED) is 0.152. The second-order valence-corrected chi connectivity index (χ2v) is 9.11. The van der Waals surface area contributed by atoms with Crippen molar-refractivity contribution in [3.8, 4) is 28.1 Å². The summed E-state index contributed by atoms with van der Waals surface area (Å²) in [7, 11) is 0. The van der Waals surface area contributed by atoms with E-state index in [4.69, 9.17) is 9.47 Å². The van der Waals surface area contributed by atoms with Gasteiger partial charge in [-0.1, -0.05) is 81.0 Å². The molecule has 0 fully saturated rings. The van der Waals surface area contributed by atoms with Crippen LogP contribution in [0.25, 0.3) is 28.3 Å². The molecule has 3 rings (SSSR count). The number of hydrogen-bond donors (Lipinski definition) is 0. The van der Waals surface area contributed by atoms with Crippen molar-refractivity contribution in [3.05, 3.63) is 90.7 Å². The molecule has 0 radical (unpaired) electrons. The van der Waals surface area contributed by atoms with E-state index < -0.39 is 11.6 Å². The average molecular weight is 506 g/mol. The number of hydrogen-bond acceptors (Lipinski definition) is 3. The molecular weight excluding hydrogens is 468 g/mol. The van der Waals surface area contributed by atoms with Crippen LogP contribution in [0.4, 0.5) is 8.78 Å². The number of benzene rings is 2. The number of nitrogens with zero attached hydrogens (tertiary/aromatic N) is 1. The van der Waals surface area contributed by atoms with E-state index in [9.17, 15) is 8.78 Å². The lowest BCUT2D eigenvalue weighted by molar-refractivity contribution is 0.0566. The molecule has 0 amide bonds. The Morgan fingerprint density at radius 3 is 2.38 bits per heavy atom. The predicted molar refractivity (Wildman–Crippen MR) is 149 cm³/mol. The highest BCUT2D eigenvalue weighted by Gasteiger charge is 2.14. The molecule has 1 aromatic heterocycles. The molecule has 1 atom stereocenters. The van der Waals surface area contributed by atoms with Gasteiger partial charge in [0.2, 0.25) is 5.88 Å². The lowest BCUT2D eigenvalue weighted by atomic mass is 9.99. The third kappa shape index (κ3) is 8.64. The van der Waals surface area contributed by atoms with Gasteiger partial charge in [0.05, 0.1) is 6.10 Å². The van der Waals surface area contributed by atoms with Gasteiger partial charge in [-0.2, -0.15) is 0 Å². The summed E-state index contributed by atoms with van der Waals surface area (Å²) >= 11 is 0. The summed E-state index contributed by atoms with van der Waals surface area (Å²) in [5, 5.41) is 0. The Balaban J connectivity index is 1.56. The maximum Gasteiger partial charge on any atom is 0.213 e. The smallest absolute Gasteiger partial charge is 0.213 e. The van der Waals surface area contributed by atoms with Gasteiger partial charge in [0.15, 0.2) is 11.6 Å². The first-order valence-electron chi connectivity index (χ1n) is 13.1. The number of unbranched alkanes of at least 4 members (excludes halogenated alkanes) is 3. The van der Waals surface area contributed by atoms with E-state index in [1.807, 2.05) is 24.3 Å². The highest BCUT2D eigenvalue weighted by Crippen LogP contribution is 2.29. The van der Waals surface area contributed by atoms with E-state index in [1.54, 1.807) is 48.7 Å². The second kappa shape index (κ2) is 15.1. The van der Waals surface area contributed by atoms with Crippen LogP contribution in [-0.4, -0.2) is 24.3 Å². The fraction of sp³-hybridized carbons (Fsp3) is 0.344. The van der Waals surface area contributed by atoms with E-state index in [2.05, 4.69) is 25.4 Å². The van der Waals surface area contributed by atoms with Crippen molar-refractivity contribution in [1.29, 1.82) is 0 Å². The number of ether oxygens (including phenoxy) is 2. The average Bonchev–Trinajstić information content (AvgIpc) is 2.92. The van der Waals surface area contributed by atoms with Gasteiger partial charge in [-0.05, 0) is 49.8 Å². The molecule has 5 heteroatoms. The van der Waals surface area contributed by atoms with Crippen molar-refractivity contribution in [2.75, 3.05) is 13.2 Å². The minimum absolute atomic E-state index is 0.220. The van der Waals surface area contributed by atoms with Crippen molar-refractivity contribution in [2.45, 2.75) is 58.5 Å². The van der Waals surface area contributed by atoms with Crippen LogP contribution in [0.1, 0.15) is 57.9 Å². The first-order valence-corrected chi connectivity index (χ1v) is 13.1. The lowest BCUT2D eigenvalue weighted by Gasteiger charge is -2.12. The van der Waals surface area contributed by atoms with E-state index in [0.717, 1.165) is 43.4 Å². The molecule has 0 aliphatic rings. The zero-order chi connectivity index (χ0) is 26.5. The highest BCUT2D eigenvalue weighted by molar-refractivity contribution is 5.71. The number of halogens is 2. The van der Waals surface area contributed by atoms with Gasteiger partial charge >= 0.3 is 0 Å². The molecule has 0 aliphatic carbocycles. The van der Waals surface area contributed by atoms with Gasteiger partial charge in [-0.25, -0.2) is 13.8 Å². The molecule has 0 bridgehead atoms. The zero-order valence-corrected chi connectivity index (χ0v) is 21.9. The molecule has 2 aromatic carbocycles. The maximum atomic E-state index is 14.9. The summed E-state index contributed by atoms with van der Waals surface area (Å²) in [4.78, 5) is 4.28. The molecule has 37 heavy (non-hydrogen) atoms.